The Morgan fingerprint density at radius 2 is 2.07 bits per heavy atom. The van der Waals surface area contributed by atoms with E-state index in [1.165, 1.54) is 5.56 Å². The molecule has 0 unspecified atom stereocenters. The van der Waals surface area contributed by atoms with Crippen LogP contribution in [-0.2, 0) is 11.3 Å². The van der Waals surface area contributed by atoms with Gasteiger partial charge in [-0.25, -0.2) is 0 Å². The largest absolute Gasteiger partial charge is 0.491 e. The Kier molecular flexibility index (Phi) is 5.15. The van der Waals surface area contributed by atoms with Gasteiger partial charge in [-0.3, -0.25) is 0 Å². The first kappa shape index (κ1) is 12.0. The van der Waals surface area contributed by atoms with Crippen LogP contribution >= 0.6 is 0 Å². The first-order valence-electron chi connectivity index (χ1n) is 5.28. The summed E-state index contributed by atoms with van der Waals surface area (Å²) < 4.78 is 10.7. The fourth-order valence-electron chi connectivity index (χ4n) is 1.35. The molecule has 0 aliphatic rings. The van der Waals surface area contributed by atoms with Crippen molar-refractivity contribution in [1.29, 1.82) is 0 Å². The van der Waals surface area contributed by atoms with Crippen molar-refractivity contribution in [2.75, 3.05) is 19.8 Å². The van der Waals surface area contributed by atoms with E-state index in [2.05, 4.69) is 0 Å². The van der Waals surface area contributed by atoms with Crippen molar-refractivity contribution < 1.29 is 9.47 Å². The van der Waals surface area contributed by atoms with Crippen LogP contribution in [0, 0.1) is 6.92 Å². The minimum absolute atomic E-state index is 0.574. The van der Waals surface area contributed by atoms with Gasteiger partial charge in [0.05, 0.1) is 6.61 Å². The molecule has 1 aromatic rings. The van der Waals surface area contributed by atoms with Gasteiger partial charge in [-0.2, -0.15) is 0 Å². The highest BCUT2D eigenvalue weighted by Gasteiger charge is 1.99. The molecule has 0 saturated carbocycles. The van der Waals surface area contributed by atoms with Gasteiger partial charge in [-0.15, -0.1) is 0 Å². The molecule has 0 bridgehead atoms. The van der Waals surface area contributed by atoms with Gasteiger partial charge in [0.2, 0.25) is 0 Å². The van der Waals surface area contributed by atoms with Crippen LogP contribution in [0.3, 0.4) is 0 Å². The maximum atomic E-state index is 5.58. The van der Waals surface area contributed by atoms with Gasteiger partial charge in [0.15, 0.2) is 0 Å². The molecule has 3 nitrogen and oxygen atoms in total. The average Bonchev–Trinajstić information content (AvgIpc) is 2.25. The molecule has 0 aliphatic carbocycles. The molecular weight excluding hydrogens is 190 g/mol. The molecule has 0 fully saturated rings. The molecule has 2 N–H and O–H groups in total. The molecule has 15 heavy (non-hydrogen) atoms. The molecule has 0 heterocycles. The van der Waals surface area contributed by atoms with Crippen LogP contribution in [0.4, 0.5) is 0 Å². The van der Waals surface area contributed by atoms with Crippen molar-refractivity contribution in [2.45, 2.75) is 20.4 Å². The van der Waals surface area contributed by atoms with Crippen LogP contribution in [0.15, 0.2) is 18.2 Å². The molecule has 0 atom stereocenters. The maximum Gasteiger partial charge on any atom is 0.119 e. The lowest BCUT2D eigenvalue weighted by Crippen LogP contribution is -2.07. The molecule has 0 aromatic heterocycles. The molecule has 1 rings (SSSR count). The van der Waals surface area contributed by atoms with Gasteiger partial charge >= 0.3 is 0 Å². The highest BCUT2D eigenvalue weighted by Crippen LogP contribution is 2.16. The second-order valence-electron chi connectivity index (χ2n) is 3.34. The minimum atomic E-state index is 0.574. The number of hydrogen-bond donors (Lipinski definition) is 1. The van der Waals surface area contributed by atoms with Gasteiger partial charge in [-0.05, 0) is 37.1 Å². The summed E-state index contributed by atoms with van der Waals surface area (Å²) in [4.78, 5) is 0. The van der Waals surface area contributed by atoms with Crippen molar-refractivity contribution in [1.82, 2.24) is 0 Å². The Hall–Kier alpha value is -1.06. The molecule has 84 valence electrons. The summed E-state index contributed by atoms with van der Waals surface area (Å²) in [6.07, 6.45) is 0. The molecule has 0 amide bonds. The van der Waals surface area contributed by atoms with Crippen molar-refractivity contribution in [3.05, 3.63) is 29.3 Å². The lowest BCUT2D eigenvalue weighted by Gasteiger charge is -2.09. The maximum absolute atomic E-state index is 5.58. The minimum Gasteiger partial charge on any atom is -0.491 e. The van der Waals surface area contributed by atoms with Crippen LogP contribution in [0.2, 0.25) is 0 Å². The van der Waals surface area contributed by atoms with Crippen molar-refractivity contribution in [3.63, 3.8) is 0 Å². The van der Waals surface area contributed by atoms with Crippen LogP contribution in [0.25, 0.3) is 0 Å². The number of ether oxygens (including phenoxy) is 2. The summed E-state index contributed by atoms with van der Waals surface area (Å²) in [5.74, 6) is 0.879. The quantitative estimate of drug-likeness (QED) is 0.727. The third-order valence-electron chi connectivity index (χ3n) is 2.23. The van der Waals surface area contributed by atoms with E-state index < -0.39 is 0 Å². The Bertz CT molecular complexity index is 300. The van der Waals surface area contributed by atoms with E-state index in [1.807, 2.05) is 32.0 Å². The first-order valence-corrected chi connectivity index (χ1v) is 5.28. The van der Waals surface area contributed by atoms with E-state index in [4.69, 9.17) is 15.2 Å². The SMILES string of the molecule is CCOCCOc1ccc(CN)c(C)c1. The van der Waals surface area contributed by atoms with Gasteiger partial charge in [0.25, 0.3) is 0 Å². The zero-order valence-electron chi connectivity index (χ0n) is 9.45. The Labute approximate surface area is 91.2 Å². The van der Waals surface area contributed by atoms with E-state index in [1.54, 1.807) is 0 Å². The molecule has 0 radical (unpaired) electrons. The van der Waals surface area contributed by atoms with E-state index in [-0.39, 0.29) is 0 Å². The first-order chi connectivity index (χ1) is 7.27. The standard InChI is InChI=1S/C12H19NO2/c1-3-14-6-7-15-12-5-4-11(9-13)10(2)8-12/h4-5,8H,3,6-7,9,13H2,1-2H3. The summed E-state index contributed by atoms with van der Waals surface area (Å²) in [6, 6.07) is 5.96. The smallest absolute Gasteiger partial charge is 0.119 e. The Morgan fingerprint density at radius 1 is 1.27 bits per heavy atom. The third kappa shape index (κ3) is 3.90. The fraction of sp³-hybridized carbons (Fsp3) is 0.500. The predicted molar refractivity (Wildman–Crippen MR) is 61.1 cm³/mol. The lowest BCUT2D eigenvalue weighted by atomic mass is 10.1. The summed E-state index contributed by atoms with van der Waals surface area (Å²) in [7, 11) is 0. The van der Waals surface area contributed by atoms with Gasteiger partial charge in [0, 0.05) is 13.2 Å². The van der Waals surface area contributed by atoms with E-state index in [0.29, 0.717) is 19.8 Å². The van der Waals surface area contributed by atoms with Crippen LogP contribution < -0.4 is 10.5 Å². The number of benzene rings is 1. The van der Waals surface area contributed by atoms with Crippen LogP contribution in [-0.4, -0.2) is 19.8 Å². The highest BCUT2D eigenvalue weighted by atomic mass is 16.5. The number of aryl methyl sites for hydroxylation is 1. The molecule has 1 aromatic carbocycles. The van der Waals surface area contributed by atoms with E-state index in [9.17, 15) is 0 Å². The Balaban J connectivity index is 2.45. The normalized spacial score (nSPS) is 10.3. The van der Waals surface area contributed by atoms with Crippen LogP contribution in [0.5, 0.6) is 5.75 Å². The summed E-state index contributed by atoms with van der Waals surface area (Å²) in [5.41, 5.74) is 7.91. The average molecular weight is 209 g/mol. The molecular formula is C12H19NO2. The van der Waals surface area contributed by atoms with Crippen molar-refractivity contribution in [3.8, 4) is 5.75 Å². The highest BCUT2D eigenvalue weighted by molar-refractivity contribution is 5.34. The van der Waals surface area contributed by atoms with Crippen molar-refractivity contribution in [2.24, 2.45) is 5.73 Å². The zero-order valence-corrected chi connectivity index (χ0v) is 9.45. The number of rotatable bonds is 6. The lowest BCUT2D eigenvalue weighted by molar-refractivity contribution is 0.110. The van der Waals surface area contributed by atoms with E-state index >= 15 is 0 Å². The second-order valence-corrected chi connectivity index (χ2v) is 3.34. The topological polar surface area (TPSA) is 44.5 Å². The van der Waals surface area contributed by atoms with Gasteiger partial charge in [-0.1, -0.05) is 6.07 Å². The predicted octanol–water partition coefficient (Wildman–Crippen LogP) is 1.87. The number of nitrogens with two attached hydrogens (primary N) is 1. The number of hydrogen-bond acceptors (Lipinski definition) is 3. The summed E-state index contributed by atoms with van der Waals surface area (Å²) in [6.45, 7) is 6.54. The molecule has 0 saturated heterocycles. The van der Waals surface area contributed by atoms with E-state index in [0.717, 1.165) is 17.9 Å². The molecule has 0 spiro atoms. The van der Waals surface area contributed by atoms with Crippen LogP contribution in [0.1, 0.15) is 18.1 Å². The summed E-state index contributed by atoms with van der Waals surface area (Å²) in [5, 5.41) is 0. The Morgan fingerprint density at radius 3 is 2.67 bits per heavy atom. The zero-order chi connectivity index (χ0) is 11.1. The fourth-order valence-corrected chi connectivity index (χ4v) is 1.35. The third-order valence-corrected chi connectivity index (χ3v) is 2.23. The monoisotopic (exact) mass is 209 g/mol. The van der Waals surface area contributed by atoms with Gasteiger partial charge in [0.1, 0.15) is 12.4 Å². The van der Waals surface area contributed by atoms with Crippen molar-refractivity contribution >= 4 is 0 Å². The molecule has 3 heteroatoms. The second kappa shape index (κ2) is 6.43. The molecule has 0 aliphatic heterocycles. The van der Waals surface area contributed by atoms with Gasteiger partial charge < -0.3 is 15.2 Å². The summed E-state index contributed by atoms with van der Waals surface area (Å²) >= 11 is 0.